The summed E-state index contributed by atoms with van der Waals surface area (Å²) in [6.45, 7) is 0. The van der Waals surface area contributed by atoms with Crippen molar-refractivity contribution in [3.05, 3.63) is 37.9 Å². The van der Waals surface area contributed by atoms with Crippen molar-refractivity contribution in [1.82, 2.24) is 5.16 Å². The second-order valence-corrected chi connectivity index (χ2v) is 4.79. The molecule has 0 aliphatic heterocycles. The second-order valence-electron chi connectivity index (χ2n) is 2.78. The van der Waals surface area contributed by atoms with E-state index in [0.717, 1.165) is 5.56 Å². The molecular formula is C9H3BrCl3NO. The highest BCUT2D eigenvalue weighted by atomic mass is 79.9. The first-order valence-corrected chi connectivity index (χ1v) is 5.78. The molecule has 0 aliphatic carbocycles. The van der Waals surface area contributed by atoms with Crippen LogP contribution >= 0.6 is 50.7 Å². The summed E-state index contributed by atoms with van der Waals surface area (Å²) in [6.07, 6.45) is 0. The van der Waals surface area contributed by atoms with Crippen LogP contribution in [-0.4, -0.2) is 5.16 Å². The Labute approximate surface area is 109 Å². The summed E-state index contributed by atoms with van der Waals surface area (Å²) in [7, 11) is 0. The van der Waals surface area contributed by atoms with E-state index in [1.807, 2.05) is 0 Å². The summed E-state index contributed by atoms with van der Waals surface area (Å²) >= 11 is 20.7. The summed E-state index contributed by atoms with van der Waals surface area (Å²) in [5, 5.41) is 5.05. The first-order chi connectivity index (χ1) is 7.08. The Balaban J connectivity index is 2.58. The van der Waals surface area contributed by atoms with Crippen LogP contribution < -0.4 is 0 Å². The normalized spacial score (nSPS) is 10.7. The zero-order valence-corrected chi connectivity index (χ0v) is 11.0. The predicted molar refractivity (Wildman–Crippen MR) is 64.7 cm³/mol. The second kappa shape index (κ2) is 4.34. The molecule has 2 rings (SSSR count). The van der Waals surface area contributed by atoms with Gasteiger partial charge in [0.15, 0.2) is 0 Å². The van der Waals surface area contributed by atoms with Gasteiger partial charge in [0.05, 0.1) is 0 Å². The monoisotopic (exact) mass is 325 g/mol. The first kappa shape index (κ1) is 11.3. The van der Waals surface area contributed by atoms with Gasteiger partial charge >= 0.3 is 0 Å². The zero-order chi connectivity index (χ0) is 11.0. The molecule has 0 N–H and O–H groups in total. The SMILES string of the molecule is Clc1cc(Cl)cc(-c2noc(Cl)c2Br)c1. The van der Waals surface area contributed by atoms with Crippen molar-refractivity contribution in [3.8, 4) is 11.3 Å². The Bertz CT molecular complexity index is 492. The van der Waals surface area contributed by atoms with Gasteiger partial charge in [0.1, 0.15) is 10.2 Å². The maximum Gasteiger partial charge on any atom is 0.240 e. The van der Waals surface area contributed by atoms with E-state index in [1.54, 1.807) is 18.2 Å². The van der Waals surface area contributed by atoms with Crippen molar-refractivity contribution < 1.29 is 4.52 Å². The van der Waals surface area contributed by atoms with Gasteiger partial charge in [-0.1, -0.05) is 28.4 Å². The molecule has 1 aromatic carbocycles. The minimum Gasteiger partial charge on any atom is -0.343 e. The average molecular weight is 327 g/mol. The van der Waals surface area contributed by atoms with Crippen molar-refractivity contribution in [1.29, 1.82) is 0 Å². The van der Waals surface area contributed by atoms with Gasteiger partial charge in [-0.05, 0) is 45.7 Å². The third kappa shape index (κ3) is 2.31. The molecule has 1 heterocycles. The Morgan fingerprint density at radius 1 is 1.07 bits per heavy atom. The quantitative estimate of drug-likeness (QED) is 0.731. The van der Waals surface area contributed by atoms with Gasteiger partial charge in [-0.2, -0.15) is 0 Å². The third-order valence-electron chi connectivity index (χ3n) is 1.73. The molecular weight excluding hydrogens is 324 g/mol. The zero-order valence-electron chi connectivity index (χ0n) is 7.10. The molecule has 0 saturated heterocycles. The Morgan fingerprint density at radius 2 is 1.67 bits per heavy atom. The maximum absolute atomic E-state index is 5.87. The van der Waals surface area contributed by atoms with E-state index in [9.17, 15) is 0 Å². The Kier molecular flexibility index (Phi) is 3.26. The molecule has 0 amide bonds. The molecule has 2 nitrogen and oxygen atoms in total. The molecule has 6 heteroatoms. The van der Waals surface area contributed by atoms with E-state index >= 15 is 0 Å². The highest BCUT2D eigenvalue weighted by molar-refractivity contribution is 9.10. The Hall–Kier alpha value is -0.220. The lowest BCUT2D eigenvalue weighted by Gasteiger charge is -1.99. The first-order valence-electron chi connectivity index (χ1n) is 3.85. The fourth-order valence-electron chi connectivity index (χ4n) is 1.13. The summed E-state index contributed by atoms with van der Waals surface area (Å²) in [4.78, 5) is 0. The highest BCUT2D eigenvalue weighted by Crippen LogP contribution is 2.35. The number of benzene rings is 1. The maximum atomic E-state index is 5.87. The fraction of sp³-hybridized carbons (Fsp3) is 0. The van der Waals surface area contributed by atoms with E-state index < -0.39 is 0 Å². The molecule has 15 heavy (non-hydrogen) atoms. The largest absolute Gasteiger partial charge is 0.343 e. The molecule has 0 radical (unpaired) electrons. The van der Waals surface area contributed by atoms with Crippen LogP contribution in [0.5, 0.6) is 0 Å². The molecule has 0 fully saturated rings. The van der Waals surface area contributed by atoms with E-state index in [1.165, 1.54) is 0 Å². The van der Waals surface area contributed by atoms with E-state index in [-0.39, 0.29) is 5.22 Å². The molecule has 0 atom stereocenters. The summed E-state index contributed by atoms with van der Waals surface area (Å²) in [6, 6.07) is 5.10. The number of halogens is 4. The minimum atomic E-state index is 0.195. The van der Waals surface area contributed by atoms with Crippen LogP contribution in [0.2, 0.25) is 15.3 Å². The van der Waals surface area contributed by atoms with E-state index in [4.69, 9.17) is 39.3 Å². The van der Waals surface area contributed by atoms with Gasteiger partial charge in [0, 0.05) is 15.6 Å². The molecule has 0 unspecified atom stereocenters. The third-order valence-corrected chi connectivity index (χ3v) is 3.39. The molecule has 0 aliphatic rings. The van der Waals surface area contributed by atoms with E-state index in [2.05, 4.69) is 21.1 Å². The van der Waals surface area contributed by atoms with Crippen LogP contribution in [0.4, 0.5) is 0 Å². The van der Waals surface area contributed by atoms with Crippen molar-refractivity contribution in [2.45, 2.75) is 0 Å². The summed E-state index contributed by atoms with van der Waals surface area (Å²) in [5.41, 5.74) is 1.32. The standard InChI is InChI=1S/C9H3BrCl3NO/c10-7-8(14-15-9(7)13)4-1-5(11)3-6(12)2-4/h1-3H. The number of nitrogens with zero attached hydrogens (tertiary/aromatic N) is 1. The molecule has 0 spiro atoms. The van der Waals surface area contributed by atoms with Gasteiger partial charge in [0.25, 0.3) is 0 Å². The van der Waals surface area contributed by atoms with Gasteiger partial charge in [-0.15, -0.1) is 0 Å². The van der Waals surface area contributed by atoms with Gasteiger partial charge < -0.3 is 4.52 Å². The number of hydrogen-bond donors (Lipinski definition) is 0. The number of hydrogen-bond acceptors (Lipinski definition) is 2. The summed E-state index contributed by atoms with van der Waals surface area (Å²) in [5.74, 6) is 0. The average Bonchev–Trinajstić information content (AvgIpc) is 2.46. The highest BCUT2D eigenvalue weighted by Gasteiger charge is 2.14. The molecule has 1 aromatic heterocycles. The lowest BCUT2D eigenvalue weighted by Crippen LogP contribution is -1.79. The van der Waals surface area contributed by atoms with Crippen LogP contribution in [0.3, 0.4) is 0 Å². The molecule has 78 valence electrons. The minimum absolute atomic E-state index is 0.195. The van der Waals surface area contributed by atoms with Crippen LogP contribution in [0, 0.1) is 0 Å². The van der Waals surface area contributed by atoms with Crippen molar-refractivity contribution in [3.63, 3.8) is 0 Å². The van der Waals surface area contributed by atoms with Gasteiger partial charge in [-0.25, -0.2) is 0 Å². The van der Waals surface area contributed by atoms with Crippen LogP contribution in [0.25, 0.3) is 11.3 Å². The molecule has 2 aromatic rings. The van der Waals surface area contributed by atoms with Gasteiger partial charge in [0.2, 0.25) is 5.22 Å². The van der Waals surface area contributed by atoms with Crippen molar-refractivity contribution in [2.24, 2.45) is 0 Å². The van der Waals surface area contributed by atoms with Gasteiger partial charge in [-0.3, -0.25) is 0 Å². The van der Waals surface area contributed by atoms with E-state index in [0.29, 0.717) is 20.2 Å². The lowest BCUT2D eigenvalue weighted by molar-refractivity contribution is 0.423. The molecule has 0 saturated carbocycles. The molecule has 0 bridgehead atoms. The number of aromatic nitrogens is 1. The topological polar surface area (TPSA) is 26.0 Å². The van der Waals surface area contributed by atoms with Crippen LogP contribution in [0.15, 0.2) is 27.2 Å². The lowest BCUT2D eigenvalue weighted by atomic mass is 10.1. The smallest absolute Gasteiger partial charge is 0.240 e. The van der Waals surface area contributed by atoms with Crippen molar-refractivity contribution in [2.75, 3.05) is 0 Å². The van der Waals surface area contributed by atoms with Crippen molar-refractivity contribution >= 4 is 50.7 Å². The van der Waals surface area contributed by atoms with Crippen LogP contribution in [0.1, 0.15) is 0 Å². The summed E-state index contributed by atoms with van der Waals surface area (Å²) < 4.78 is 5.40. The number of rotatable bonds is 1. The Morgan fingerprint density at radius 3 is 2.13 bits per heavy atom. The predicted octanol–water partition coefficient (Wildman–Crippen LogP) is 5.06. The fourth-order valence-corrected chi connectivity index (χ4v) is 2.15. The van der Waals surface area contributed by atoms with Crippen LogP contribution in [-0.2, 0) is 0 Å².